The second-order valence-electron chi connectivity index (χ2n) is 5.38. The van der Waals surface area contributed by atoms with Crippen molar-refractivity contribution < 1.29 is 14.3 Å². The number of likely N-dealkylation sites (tertiary alicyclic amines) is 1. The molecule has 2 rings (SSSR count). The lowest BCUT2D eigenvalue weighted by Crippen LogP contribution is -2.39. The van der Waals surface area contributed by atoms with Gasteiger partial charge in [-0.3, -0.25) is 4.79 Å². The molecular weight excluding hydrogens is 246 g/mol. The monoisotopic (exact) mass is 269 g/mol. The summed E-state index contributed by atoms with van der Waals surface area (Å²) in [6.45, 7) is 3.35. The van der Waals surface area contributed by atoms with Gasteiger partial charge in [0.25, 0.3) is 0 Å². The second-order valence-corrected chi connectivity index (χ2v) is 5.38. The van der Waals surface area contributed by atoms with Crippen molar-refractivity contribution in [3.8, 4) is 0 Å². The van der Waals surface area contributed by atoms with Crippen LogP contribution < -0.4 is 10.6 Å². The largest absolute Gasteiger partial charge is 0.453 e. The Hall–Kier alpha value is -1.30. The third-order valence-electron chi connectivity index (χ3n) is 3.91. The number of carbonyl (C=O) groups is 2. The summed E-state index contributed by atoms with van der Waals surface area (Å²) in [5.41, 5.74) is 0. The van der Waals surface area contributed by atoms with Crippen molar-refractivity contribution in [3.63, 3.8) is 0 Å². The SMILES string of the molecule is COC(=O)NC1CCN(C(=O)CC2CCCNC2)C1. The average Bonchev–Trinajstić information content (AvgIpc) is 2.88. The van der Waals surface area contributed by atoms with E-state index in [1.54, 1.807) is 0 Å². The second kappa shape index (κ2) is 6.75. The molecule has 0 saturated carbocycles. The molecule has 2 N–H and O–H groups in total. The van der Waals surface area contributed by atoms with Crippen LogP contribution in [0.1, 0.15) is 25.7 Å². The van der Waals surface area contributed by atoms with E-state index in [0.29, 0.717) is 18.9 Å². The summed E-state index contributed by atoms with van der Waals surface area (Å²) in [5, 5.41) is 6.08. The molecule has 0 bridgehead atoms. The van der Waals surface area contributed by atoms with Crippen LogP contribution in [-0.4, -0.2) is 56.2 Å². The summed E-state index contributed by atoms with van der Waals surface area (Å²) in [6.07, 6.45) is 3.30. The van der Waals surface area contributed by atoms with Gasteiger partial charge in [-0.25, -0.2) is 4.79 Å². The van der Waals surface area contributed by atoms with Crippen LogP contribution in [0.2, 0.25) is 0 Å². The smallest absolute Gasteiger partial charge is 0.407 e. The van der Waals surface area contributed by atoms with E-state index in [2.05, 4.69) is 15.4 Å². The number of nitrogens with one attached hydrogen (secondary N) is 2. The highest BCUT2D eigenvalue weighted by molar-refractivity contribution is 5.77. The molecular formula is C13H23N3O3. The maximum atomic E-state index is 12.2. The van der Waals surface area contributed by atoms with E-state index < -0.39 is 6.09 Å². The van der Waals surface area contributed by atoms with E-state index in [1.165, 1.54) is 7.11 Å². The van der Waals surface area contributed by atoms with Crippen LogP contribution >= 0.6 is 0 Å². The number of methoxy groups -OCH3 is 1. The van der Waals surface area contributed by atoms with Crippen LogP contribution in [0.5, 0.6) is 0 Å². The van der Waals surface area contributed by atoms with Gasteiger partial charge in [-0.15, -0.1) is 0 Å². The molecule has 0 aromatic heterocycles. The molecule has 0 aromatic rings. The number of carbonyl (C=O) groups excluding carboxylic acids is 2. The van der Waals surface area contributed by atoms with Crippen LogP contribution in [0.3, 0.4) is 0 Å². The molecule has 0 spiro atoms. The lowest BCUT2D eigenvalue weighted by Gasteiger charge is -2.24. The highest BCUT2D eigenvalue weighted by Gasteiger charge is 2.29. The van der Waals surface area contributed by atoms with Crippen LogP contribution in [0.4, 0.5) is 4.79 Å². The maximum Gasteiger partial charge on any atom is 0.407 e. The number of nitrogens with zero attached hydrogens (tertiary/aromatic N) is 1. The molecule has 2 aliphatic rings. The fourth-order valence-electron chi connectivity index (χ4n) is 2.80. The van der Waals surface area contributed by atoms with E-state index in [-0.39, 0.29) is 11.9 Å². The van der Waals surface area contributed by atoms with Crippen LogP contribution in [0.25, 0.3) is 0 Å². The maximum absolute atomic E-state index is 12.2. The lowest BCUT2D eigenvalue weighted by atomic mass is 9.96. The summed E-state index contributed by atoms with van der Waals surface area (Å²) < 4.78 is 4.57. The van der Waals surface area contributed by atoms with Gasteiger partial charge < -0.3 is 20.3 Å². The quantitative estimate of drug-likeness (QED) is 0.775. The number of rotatable bonds is 3. The Morgan fingerprint density at radius 1 is 1.42 bits per heavy atom. The van der Waals surface area contributed by atoms with E-state index in [1.807, 2.05) is 4.90 Å². The number of piperidine rings is 1. The molecule has 0 aromatic carbocycles. The van der Waals surface area contributed by atoms with E-state index in [9.17, 15) is 9.59 Å². The molecule has 2 heterocycles. The van der Waals surface area contributed by atoms with Crippen molar-refractivity contribution in [3.05, 3.63) is 0 Å². The summed E-state index contributed by atoms with van der Waals surface area (Å²) in [5.74, 6) is 0.678. The standard InChI is InChI=1S/C13H23N3O3/c1-19-13(18)15-11-4-6-16(9-11)12(17)7-10-3-2-5-14-8-10/h10-11,14H,2-9H2,1H3,(H,15,18). The van der Waals surface area contributed by atoms with Crippen LogP contribution in [0.15, 0.2) is 0 Å². The molecule has 19 heavy (non-hydrogen) atoms. The van der Waals surface area contributed by atoms with Gasteiger partial charge in [0.2, 0.25) is 5.91 Å². The number of hydrogen-bond acceptors (Lipinski definition) is 4. The minimum absolute atomic E-state index is 0.0286. The third kappa shape index (κ3) is 4.09. The molecule has 2 saturated heterocycles. The van der Waals surface area contributed by atoms with E-state index >= 15 is 0 Å². The fourth-order valence-corrected chi connectivity index (χ4v) is 2.80. The molecule has 2 fully saturated rings. The van der Waals surface area contributed by atoms with Crippen molar-refractivity contribution in [1.29, 1.82) is 0 Å². The van der Waals surface area contributed by atoms with Crippen molar-refractivity contribution in [2.24, 2.45) is 5.92 Å². The van der Waals surface area contributed by atoms with Crippen LogP contribution in [0, 0.1) is 5.92 Å². The number of alkyl carbamates (subject to hydrolysis) is 1. The normalized spacial score (nSPS) is 27.1. The minimum Gasteiger partial charge on any atom is -0.453 e. The Bertz CT molecular complexity index is 329. The Morgan fingerprint density at radius 3 is 2.95 bits per heavy atom. The molecule has 2 atom stereocenters. The van der Waals surface area contributed by atoms with Gasteiger partial charge in [-0.1, -0.05) is 0 Å². The first kappa shape index (κ1) is 14.1. The van der Waals surface area contributed by atoms with Gasteiger partial charge in [0.15, 0.2) is 0 Å². The summed E-state index contributed by atoms with van der Waals surface area (Å²) >= 11 is 0. The highest BCUT2D eigenvalue weighted by atomic mass is 16.5. The first-order chi connectivity index (χ1) is 9.19. The molecule has 6 heteroatoms. The molecule has 0 aliphatic carbocycles. The summed E-state index contributed by atoms with van der Waals surface area (Å²) in [6, 6.07) is 0.0286. The Balaban J connectivity index is 1.73. The van der Waals surface area contributed by atoms with Gasteiger partial charge in [0.1, 0.15) is 0 Å². The molecule has 2 unspecified atom stereocenters. The molecule has 108 valence electrons. The molecule has 2 aliphatic heterocycles. The molecule has 6 nitrogen and oxygen atoms in total. The van der Waals surface area contributed by atoms with Gasteiger partial charge >= 0.3 is 6.09 Å². The first-order valence-electron chi connectivity index (χ1n) is 7.02. The first-order valence-corrected chi connectivity index (χ1v) is 7.02. The van der Waals surface area contributed by atoms with Gasteiger partial charge in [0, 0.05) is 19.5 Å². The van der Waals surface area contributed by atoms with Crippen molar-refractivity contribution in [2.45, 2.75) is 31.7 Å². The molecule has 2 amide bonds. The Morgan fingerprint density at radius 2 is 2.26 bits per heavy atom. The minimum atomic E-state index is -0.421. The average molecular weight is 269 g/mol. The summed E-state index contributed by atoms with van der Waals surface area (Å²) in [7, 11) is 1.35. The van der Waals surface area contributed by atoms with Crippen molar-refractivity contribution >= 4 is 12.0 Å². The molecule has 0 radical (unpaired) electrons. The predicted molar refractivity (Wildman–Crippen MR) is 70.7 cm³/mol. The Labute approximate surface area is 113 Å². The Kier molecular flexibility index (Phi) is 5.01. The summed E-state index contributed by atoms with van der Waals surface area (Å²) in [4.78, 5) is 25.1. The van der Waals surface area contributed by atoms with E-state index in [4.69, 9.17) is 0 Å². The zero-order chi connectivity index (χ0) is 13.7. The van der Waals surface area contributed by atoms with Gasteiger partial charge in [-0.05, 0) is 38.3 Å². The highest BCUT2D eigenvalue weighted by Crippen LogP contribution is 2.18. The lowest BCUT2D eigenvalue weighted by molar-refractivity contribution is -0.131. The number of ether oxygens (including phenoxy) is 1. The van der Waals surface area contributed by atoms with Gasteiger partial charge in [-0.2, -0.15) is 0 Å². The topological polar surface area (TPSA) is 70.7 Å². The van der Waals surface area contributed by atoms with Gasteiger partial charge in [0.05, 0.1) is 13.2 Å². The number of hydrogen-bond donors (Lipinski definition) is 2. The van der Waals surface area contributed by atoms with E-state index in [0.717, 1.165) is 38.9 Å². The predicted octanol–water partition coefficient (Wildman–Crippen LogP) is 0.333. The van der Waals surface area contributed by atoms with Crippen molar-refractivity contribution in [2.75, 3.05) is 33.3 Å². The zero-order valence-corrected chi connectivity index (χ0v) is 11.5. The van der Waals surface area contributed by atoms with Crippen LogP contribution in [-0.2, 0) is 9.53 Å². The zero-order valence-electron chi connectivity index (χ0n) is 11.5. The number of amides is 2. The third-order valence-corrected chi connectivity index (χ3v) is 3.91. The van der Waals surface area contributed by atoms with Crippen molar-refractivity contribution in [1.82, 2.24) is 15.5 Å². The fraction of sp³-hybridized carbons (Fsp3) is 0.846.